The molecular weight excluding hydrogens is 411 g/mol. The van der Waals surface area contributed by atoms with Crippen LogP contribution in [0.3, 0.4) is 0 Å². The second-order valence-corrected chi connectivity index (χ2v) is 6.73. The summed E-state index contributed by atoms with van der Waals surface area (Å²) in [5, 5.41) is 2.63. The molecule has 0 atom stereocenters. The normalized spacial score (nSPS) is 11.5. The Morgan fingerprint density at radius 2 is 1.81 bits per heavy atom. The summed E-state index contributed by atoms with van der Waals surface area (Å²) >= 11 is 0. The van der Waals surface area contributed by atoms with Crippen molar-refractivity contribution < 1.29 is 22.7 Å². The smallest absolute Gasteiger partial charge is 0.449 e. The van der Waals surface area contributed by atoms with Gasteiger partial charge in [-0.1, -0.05) is 17.7 Å². The molecule has 0 fully saturated rings. The first-order valence-corrected chi connectivity index (χ1v) is 9.10. The highest BCUT2D eigenvalue weighted by atomic mass is 19.4. The van der Waals surface area contributed by atoms with E-state index in [0.717, 1.165) is 5.56 Å². The summed E-state index contributed by atoms with van der Waals surface area (Å²) < 4.78 is 44.6. The van der Waals surface area contributed by atoms with Gasteiger partial charge in [-0.15, -0.1) is 0 Å². The van der Waals surface area contributed by atoms with Gasteiger partial charge in [-0.3, -0.25) is 9.78 Å². The summed E-state index contributed by atoms with van der Waals surface area (Å²) in [7, 11) is 1.39. The second-order valence-electron chi connectivity index (χ2n) is 6.73. The summed E-state index contributed by atoms with van der Waals surface area (Å²) in [4.78, 5) is 26.7. The van der Waals surface area contributed by atoms with E-state index in [1.807, 2.05) is 19.1 Å². The molecule has 0 aliphatic carbocycles. The molecule has 0 saturated heterocycles. The Balaban J connectivity index is 1.67. The maximum atomic E-state index is 13.1. The molecule has 2 N–H and O–H groups in total. The van der Waals surface area contributed by atoms with Gasteiger partial charge >= 0.3 is 6.18 Å². The largest absolute Gasteiger partial charge is 0.496 e. The number of imidazole rings is 1. The number of halogens is 3. The van der Waals surface area contributed by atoms with Gasteiger partial charge in [0.1, 0.15) is 11.3 Å². The molecule has 0 aliphatic rings. The zero-order chi connectivity index (χ0) is 22.2. The number of hydrogen-bond acceptors (Lipinski definition) is 5. The van der Waals surface area contributed by atoms with Gasteiger partial charge in [0.05, 0.1) is 36.3 Å². The molecule has 0 bridgehead atoms. The van der Waals surface area contributed by atoms with Crippen LogP contribution < -0.4 is 10.1 Å². The predicted molar refractivity (Wildman–Crippen MR) is 108 cm³/mol. The Morgan fingerprint density at radius 3 is 2.42 bits per heavy atom. The van der Waals surface area contributed by atoms with E-state index in [1.165, 1.54) is 31.6 Å². The molecule has 4 rings (SSSR count). The highest BCUT2D eigenvalue weighted by Gasteiger charge is 2.35. The number of aromatic nitrogens is 4. The molecule has 0 spiro atoms. The first-order chi connectivity index (χ1) is 14.8. The number of rotatable bonds is 4. The van der Waals surface area contributed by atoms with E-state index >= 15 is 0 Å². The molecule has 158 valence electrons. The van der Waals surface area contributed by atoms with Crippen LogP contribution in [0, 0.1) is 6.92 Å². The Bertz CT molecular complexity index is 1250. The summed E-state index contributed by atoms with van der Waals surface area (Å²) in [6.07, 6.45) is -1.97. The number of amides is 1. The number of alkyl halides is 3. The van der Waals surface area contributed by atoms with E-state index in [9.17, 15) is 18.0 Å². The Labute approximate surface area is 174 Å². The lowest BCUT2D eigenvalue weighted by Crippen LogP contribution is -2.13. The highest BCUT2D eigenvalue weighted by molar-refractivity contribution is 6.03. The number of nitrogens with zero attached hydrogens (tertiary/aromatic N) is 3. The SMILES string of the molecule is COc1ccc2[nH]c(C(F)(F)F)nc2c1-c1cnc(NC(=O)c2ccc(C)cc2)cn1. The standard InChI is InChI=1S/C21H16F3N5O2/c1-11-3-5-12(6-4-11)19(30)28-16-10-25-14(9-26-16)17-15(31-2)8-7-13-18(17)29-20(27-13)21(22,23)24/h3-10H,1-2H3,(H,27,29)(H,26,28,30). The van der Waals surface area contributed by atoms with Crippen molar-refractivity contribution in [2.24, 2.45) is 0 Å². The topological polar surface area (TPSA) is 92.8 Å². The lowest BCUT2D eigenvalue weighted by atomic mass is 10.1. The van der Waals surface area contributed by atoms with Gasteiger partial charge in [0.2, 0.25) is 5.82 Å². The number of nitrogens with one attached hydrogen (secondary N) is 2. The fourth-order valence-electron chi connectivity index (χ4n) is 3.02. The van der Waals surface area contributed by atoms with Crippen LogP contribution in [0.2, 0.25) is 0 Å². The van der Waals surface area contributed by atoms with E-state index in [4.69, 9.17) is 4.74 Å². The number of methoxy groups -OCH3 is 1. The van der Waals surface area contributed by atoms with Crippen LogP contribution in [0.25, 0.3) is 22.3 Å². The van der Waals surface area contributed by atoms with E-state index in [-0.39, 0.29) is 34.0 Å². The monoisotopic (exact) mass is 427 g/mol. The minimum Gasteiger partial charge on any atom is -0.496 e. The molecule has 31 heavy (non-hydrogen) atoms. The van der Waals surface area contributed by atoms with E-state index < -0.39 is 12.0 Å². The predicted octanol–water partition coefficient (Wildman–Crippen LogP) is 4.61. The highest BCUT2D eigenvalue weighted by Crippen LogP contribution is 2.37. The Hall–Kier alpha value is -3.95. The molecule has 0 aliphatic heterocycles. The summed E-state index contributed by atoms with van der Waals surface area (Å²) in [6, 6.07) is 9.97. The van der Waals surface area contributed by atoms with Crippen molar-refractivity contribution in [3.8, 4) is 17.0 Å². The van der Waals surface area contributed by atoms with Crippen molar-refractivity contribution in [3.63, 3.8) is 0 Å². The van der Waals surface area contributed by atoms with Crippen molar-refractivity contribution in [1.29, 1.82) is 0 Å². The van der Waals surface area contributed by atoms with Gasteiger partial charge < -0.3 is 15.0 Å². The molecule has 10 heteroatoms. The van der Waals surface area contributed by atoms with Crippen LogP contribution in [0.1, 0.15) is 21.7 Å². The molecule has 0 radical (unpaired) electrons. The first kappa shape index (κ1) is 20.3. The Kier molecular flexibility index (Phi) is 5.05. The number of fused-ring (bicyclic) bond motifs is 1. The van der Waals surface area contributed by atoms with Crippen molar-refractivity contribution in [3.05, 3.63) is 65.7 Å². The number of aryl methyl sites for hydroxylation is 1. The van der Waals surface area contributed by atoms with Crippen molar-refractivity contribution in [1.82, 2.24) is 19.9 Å². The molecule has 7 nitrogen and oxygen atoms in total. The average Bonchev–Trinajstić information content (AvgIpc) is 3.19. The minimum atomic E-state index is -4.63. The number of ether oxygens (including phenoxy) is 1. The second kappa shape index (κ2) is 7.71. The lowest BCUT2D eigenvalue weighted by Gasteiger charge is -2.09. The van der Waals surface area contributed by atoms with Gasteiger partial charge in [0, 0.05) is 5.56 Å². The maximum Gasteiger partial charge on any atom is 0.449 e. The van der Waals surface area contributed by atoms with Crippen molar-refractivity contribution in [2.75, 3.05) is 12.4 Å². The van der Waals surface area contributed by atoms with Gasteiger partial charge in [-0.2, -0.15) is 13.2 Å². The Morgan fingerprint density at radius 1 is 1.06 bits per heavy atom. The maximum absolute atomic E-state index is 13.1. The minimum absolute atomic E-state index is 0.0532. The average molecular weight is 427 g/mol. The summed E-state index contributed by atoms with van der Waals surface area (Å²) in [5.41, 5.74) is 2.22. The van der Waals surface area contributed by atoms with Crippen LogP contribution >= 0.6 is 0 Å². The van der Waals surface area contributed by atoms with Crippen LogP contribution in [-0.2, 0) is 6.18 Å². The zero-order valence-electron chi connectivity index (χ0n) is 16.4. The van der Waals surface area contributed by atoms with Gasteiger partial charge in [-0.25, -0.2) is 9.97 Å². The molecule has 2 aromatic carbocycles. The number of carbonyl (C=O) groups is 1. The number of aromatic amines is 1. The summed E-state index contributed by atoms with van der Waals surface area (Å²) in [6.45, 7) is 1.91. The molecule has 2 heterocycles. The van der Waals surface area contributed by atoms with Crippen LogP contribution in [0.4, 0.5) is 19.0 Å². The number of H-pyrrole nitrogens is 1. The van der Waals surface area contributed by atoms with Crippen LogP contribution in [-0.4, -0.2) is 33.0 Å². The zero-order valence-corrected chi connectivity index (χ0v) is 16.4. The lowest BCUT2D eigenvalue weighted by molar-refractivity contribution is -0.144. The molecular formula is C21H16F3N5O2. The van der Waals surface area contributed by atoms with E-state index in [2.05, 4.69) is 25.3 Å². The molecule has 0 unspecified atom stereocenters. The van der Waals surface area contributed by atoms with E-state index in [0.29, 0.717) is 11.3 Å². The summed E-state index contributed by atoms with van der Waals surface area (Å²) in [5.74, 6) is -0.993. The third-order valence-corrected chi connectivity index (χ3v) is 4.57. The van der Waals surface area contributed by atoms with E-state index in [1.54, 1.807) is 12.1 Å². The first-order valence-electron chi connectivity index (χ1n) is 9.10. The number of hydrogen-bond donors (Lipinski definition) is 2. The number of benzene rings is 2. The molecule has 0 saturated carbocycles. The third-order valence-electron chi connectivity index (χ3n) is 4.57. The van der Waals surface area contributed by atoms with Gasteiger partial charge in [-0.05, 0) is 31.2 Å². The fourth-order valence-corrected chi connectivity index (χ4v) is 3.02. The fraction of sp³-hybridized carbons (Fsp3) is 0.143. The third kappa shape index (κ3) is 4.04. The molecule has 4 aromatic rings. The van der Waals surface area contributed by atoms with Crippen molar-refractivity contribution >= 4 is 22.8 Å². The molecule has 2 aromatic heterocycles. The van der Waals surface area contributed by atoms with Crippen LogP contribution in [0.5, 0.6) is 5.75 Å². The number of anilines is 1. The van der Waals surface area contributed by atoms with Crippen molar-refractivity contribution in [2.45, 2.75) is 13.1 Å². The van der Waals surface area contributed by atoms with Crippen LogP contribution in [0.15, 0.2) is 48.8 Å². The van der Waals surface area contributed by atoms with Gasteiger partial charge in [0.25, 0.3) is 5.91 Å². The van der Waals surface area contributed by atoms with Gasteiger partial charge in [0.15, 0.2) is 5.82 Å². The quantitative estimate of drug-likeness (QED) is 0.496. The number of carbonyl (C=O) groups excluding carboxylic acids is 1. The molecule has 1 amide bonds.